The summed E-state index contributed by atoms with van der Waals surface area (Å²) < 4.78 is 14.0. The van der Waals surface area contributed by atoms with E-state index >= 15 is 0 Å². The molecule has 0 aromatic carbocycles. The molecule has 0 aliphatic heterocycles. The average molecular weight is 489 g/mol. The molecule has 0 aliphatic rings. The highest BCUT2D eigenvalue weighted by Crippen LogP contribution is 2.35. The van der Waals surface area contributed by atoms with E-state index in [1.54, 1.807) is 18.7 Å². The van der Waals surface area contributed by atoms with Crippen LogP contribution in [0.15, 0.2) is 39.7 Å². The number of aromatic nitrogens is 2. The van der Waals surface area contributed by atoms with Crippen molar-refractivity contribution in [1.29, 1.82) is 0 Å². The maximum Gasteiger partial charge on any atom is 0.420 e. The quantitative estimate of drug-likeness (QED) is 0.427. The molecule has 0 aliphatic carbocycles. The van der Waals surface area contributed by atoms with Crippen LogP contribution in [0.4, 0.5) is 4.79 Å². The van der Waals surface area contributed by atoms with Crippen LogP contribution in [0.3, 0.4) is 0 Å². The highest BCUT2D eigenvalue weighted by molar-refractivity contribution is 14.1. The first-order valence-corrected chi connectivity index (χ1v) is 8.76. The largest absolute Gasteiger partial charge is 0.472 e. The molecule has 0 fully saturated rings. The number of furan rings is 1. The molecule has 3 rings (SSSR count). The summed E-state index contributed by atoms with van der Waals surface area (Å²) in [7, 11) is 0. The molecule has 0 saturated heterocycles. The molecule has 5 nitrogen and oxygen atoms in total. The standard InChI is InChI=1S/C16H14BrIN2O3/c1-16(2,3)23-15(21)20-13(9-4-5-22-8-9)12(18)11-6-10(17)7-19-14(11)20/h4-8H,1-3H3. The summed E-state index contributed by atoms with van der Waals surface area (Å²) >= 11 is 5.64. The smallest absolute Gasteiger partial charge is 0.420 e. The van der Waals surface area contributed by atoms with Gasteiger partial charge < -0.3 is 9.15 Å². The van der Waals surface area contributed by atoms with Gasteiger partial charge in [-0.05, 0) is 71.4 Å². The Balaban J connectivity index is 2.29. The van der Waals surface area contributed by atoms with Crippen LogP contribution in [-0.2, 0) is 4.74 Å². The minimum absolute atomic E-state index is 0.462. The minimum atomic E-state index is -0.595. The first kappa shape index (κ1) is 16.5. The number of carbonyl (C=O) groups is 1. The molecule has 0 atom stereocenters. The van der Waals surface area contributed by atoms with Crippen molar-refractivity contribution in [3.05, 3.63) is 38.9 Å². The number of halogens is 2. The zero-order chi connectivity index (χ0) is 16.8. The Morgan fingerprint density at radius 1 is 1.43 bits per heavy atom. The lowest BCUT2D eigenvalue weighted by atomic mass is 10.2. The molecule has 3 aromatic heterocycles. The first-order valence-electron chi connectivity index (χ1n) is 6.89. The molecule has 0 amide bonds. The van der Waals surface area contributed by atoms with Gasteiger partial charge in [-0.25, -0.2) is 14.3 Å². The van der Waals surface area contributed by atoms with E-state index in [0.717, 1.165) is 19.0 Å². The van der Waals surface area contributed by atoms with Gasteiger partial charge in [0.25, 0.3) is 0 Å². The van der Waals surface area contributed by atoms with Gasteiger partial charge in [-0.15, -0.1) is 0 Å². The Hall–Kier alpha value is -1.35. The van der Waals surface area contributed by atoms with Gasteiger partial charge in [0.05, 0.1) is 18.2 Å². The van der Waals surface area contributed by atoms with Gasteiger partial charge in [0.1, 0.15) is 5.60 Å². The molecule has 23 heavy (non-hydrogen) atoms. The van der Waals surface area contributed by atoms with Crippen LogP contribution in [0.1, 0.15) is 20.8 Å². The fourth-order valence-corrected chi connectivity index (χ4v) is 3.52. The summed E-state index contributed by atoms with van der Waals surface area (Å²) in [4.78, 5) is 17.1. The lowest BCUT2D eigenvalue weighted by Crippen LogP contribution is -2.27. The molecular weight excluding hydrogens is 475 g/mol. The number of ether oxygens (including phenoxy) is 1. The topological polar surface area (TPSA) is 57.3 Å². The summed E-state index contributed by atoms with van der Waals surface area (Å²) in [5, 5.41) is 0.877. The second-order valence-electron chi connectivity index (χ2n) is 6.02. The number of hydrogen-bond donors (Lipinski definition) is 0. The van der Waals surface area contributed by atoms with E-state index in [2.05, 4.69) is 43.5 Å². The summed E-state index contributed by atoms with van der Waals surface area (Å²) in [6.07, 6.45) is 4.38. The van der Waals surface area contributed by atoms with Crippen LogP contribution in [-0.4, -0.2) is 21.2 Å². The Labute approximate surface area is 155 Å². The lowest BCUT2D eigenvalue weighted by molar-refractivity contribution is 0.0546. The predicted octanol–water partition coefficient (Wildman–Crippen LogP) is 5.45. The molecule has 0 saturated carbocycles. The van der Waals surface area contributed by atoms with E-state index in [1.165, 1.54) is 4.57 Å². The Bertz CT molecular complexity index is 879. The molecule has 0 radical (unpaired) electrons. The third-order valence-electron chi connectivity index (χ3n) is 3.08. The number of fused-ring (bicyclic) bond motifs is 1. The van der Waals surface area contributed by atoms with Gasteiger partial charge in [0, 0.05) is 25.2 Å². The molecule has 0 unspecified atom stereocenters. The highest BCUT2D eigenvalue weighted by Gasteiger charge is 2.27. The lowest BCUT2D eigenvalue weighted by Gasteiger charge is -2.20. The zero-order valence-electron chi connectivity index (χ0n) is 12.8. The second kappa shape index (κ2) is 5.94. The van der Waals surface area contributed by atoms with Gasteiger partial charge in [0.15, 0.2) is 5.65 Å². The Morgan fingerprint density at radius 2 is 2.17 bits per heavy atom. The zero-order valence-corrected chi connectivity index (χ0v) is 16.5. The SMILES string of the molecule is CC(C)(C)OC(=O)n1c(-c2ccoc2)c(I)c2cc(Br)cnc21. The maximum absolute atomic E-state index is 12.7. The van der Waals surface area contributed by atoms with Crippen molar-refractivity contribution < 1.29 is 13.9 Å². The van der Waals surface area contributed by atoms with Gasteiger partial charge in [-0.3, -0.25) is 0 Å². The van der Waals surface area contributed by atoms with E-state index in [1.807, 2.05) is 32.9 Å². The molecular formula is C16H14BrIN2O3. The molecule has 3 aromatic rings. The normalized spacial score (nSPS) is 11.9. The third-order valence-corrected chi connectivity index (χ3v) is 4.61. The number of nitrogens with zero attached hydrogens (tertiary/aromatic N) is 2. The fourth-order valence-electron chi connectivity index (χ4n) is 2.24. The van der Waals surface area contributed by atoms with Crippen LogP contribution >= 0.6 is 38.5 Å². The van der Waals surface area contributed by atoms with Crippen molar-refractivity contribution in [2.45, 2.75) is 26.4 Å². The molecule has 0 bridgehead atoms. The Morgan fingerprint density at radius 3 is 2.78 bits per heavy atom. The number of carbonyl (C=O) groups excluding carboxylic acids is 1. The van der Waals surface area contributed by atoms with Gasteiger partial charge in [0.2, 0.25) is 0 Å². The van der Waals surface area contributed by atoms with E-state index in [9.17, 15) is 4.79 Å². The first-order chi connectivity index (χ1) is 10.8. The van der Waals surface area contributed by atoms with Crippen LogP contribution in [0.25, 0.3) is 22.3 Å². The second-order valence-corrected chi connectivity index (χ2v) is 8.01. The van der Waals surface area contributed by atoms with Crippen LogP contribution < -0.4 is 0 Å². The van der Waals surface area contributed by atoms with Crippen molar-refractivity contribution in [2.24, 2.45) is 0 Å². The number of pyridine rings is 1. The van der Waals surface area contributed by atoms with Gasteiger partial charge in [-0.1, -0.05) is 0 Å². The van der Waals surface area contributed by atoms with Crippen LogP contribution in [0, 0.1) is 3.57 Å². The van der Waals surface area contributed by atoms with Gasteiger partial charge >= 0.3 is 6.09 Å². The molecule has 3 heterocycles. The minimum Gasteiger partial charge on any atom is -0.472 e. The van der Waals surface area contributed by atoms with E-state index < -0.39 is 11.7 Å². The molecule has 120 valence electrons. The van der Waals surface area contributed by atoms with E-state index in [4.69, 9.17) is 9.15 Å². The van der Waals surface area contributed by atoms with Crippen molar-refractivity contribution in [1.82, 2.24) is 9.55 Å². The summed E-state index contributed by atoms with van der Waals surface area (Å²) in [5.74, 6) is 0. The number of rotatable bonds is 1. The van der Waals surface area contributed by atoms with Crippen molar-refractivity contribution in [2.75, 3.05) is 0 Å². The fraction of sp³-hybridized carbons (Fsp3) is 0.250. The van der Waals surface area contributed by atoms with Crippen molar-refractivity contribution in [3.8, 4) is 11.3 Å². The highest BCUT2D eigenvalue weighted by atomic mass is 127. The number of hydrogen-bond acceptors (Lipinski definition) is 4. The van der Waals surface area contributed by atoms with Crippen molar-refractivity contribution >= 4 is 55.6 Å². The molecule has 0 N–H and O–H groups in total. The predicted molar refractivity (Wildman–Crippen MR) is 99.5 cm³/mol. The van der Waals surface area contributed by atoms with E-state index in [0.29, 0.717) is 11.3 Å². The maximum atomic E-state index is 12.7. The molecule has 0 spiro atoms. The van der Waals surface area contributed by atoms with Crippen LogP contribution in [0.2, 0.25) is 0 Å². The summed E-state index contributed by atoms with van der Waals surface area (Å²) in [5.41, 5.74) is 1.48. The average Bonchev–Trinajstić information content (AvgIpc) is 3.03. The van der Waals surface area contributed by atoms with Crippen molar-refractivity contribution in [3.63, 3.8) is 0 Å². The van der Waals surface area contributed by atoms with Crippen LogP contribution in [0.5, 0.6) is 0 Å². The monoisotopic (exact) mass is 488 g/mol. The third kappa shape index (κ3) is 3.16. The van der Waals surface area contributed by atoms with E-state index in [-0.39, 0.29) is 0 Å². The van der Waals surface area contributed by atoms with Gasteiger partial charge in [-0.2, -0.15) is 0 Å². The summed E-state index contributed by atoms with van der Waals surface area (Å²) in [6, 6.07) is 3.75. The Kier molecular flexibility index (Phi) is 4.26. The molecule has 7 heteroatoms. The summed E-state index contributed by atoms with van der Waals surface area (Å²) in [6.45, 7) is 5.51.